The Kier molecular flexibility index (Phi) is 88.9. The molecule has 0 spiro atoms. The van der Waals surface area contributed by atoms with Gasteiger partial charge >= 0.3 is 129 Å². The quantitative estimate of drug-likeness (QED) is 0.346. The summed E-state index contributed by atoms with van der Waals surface area (Å²) in [6, 6.07) is 0. The van der Waals surface area contributed by atoms with Crippen LogP contribution in [0.2, 0.25) is 0 Å². The van der Waals surface area contributed by atoms with Crippen molar-refractivity contribution in [1.29, 1.82) is 0 Å². The van der Waals surface area contributed by atoms with Gasteiger partial charge in [-0.15, -0.1) is 0 Å². The van der Waals surface area contributed by atoms with Crippen LogP contribution in [-0.4, -0.2) is 5.48 Å². The van der Waals surface area contributed by atoms with Gasteiger partial charge in [-0.25, -0.2) is 0 Å². The van der Waals surface area contributed by atoms with Crippen LogP contribution in [0.3, 0.4) is 0 Å². The maximum atomic E-state index is 8.50. The third-order valence-electron chi connectivity index (χ3n) is 0. The van der Waals surface area contributed by atoms with Crippen LogP contribution in [0.15, 0.2) is 0 Å². The van der Waals surface area contributed by atoms with Crippen LogP contribution in [0.4, 0.5) is 0 Å². The van der Waals surface area contributed by atoms with E-state index in [9.17, 15) is 0 Å². The zero-order valence-electron chi connectivity index (χ0n) is 5.82. The van der Waals surface area contributed by atoms with Crippen LogP contribution < -0.4 is 103 Å². The summed E-state index contributed by atoms with van der Waals surface area (Å²) in [5.74, 6) is 0. The van der Waals surface area contributed by atoms with Gasteiger partial charge in [0, 0.05) is 0 Å². The molecule has 0 aromatic rings. The van der Waals surface area contributed by atoms with E-state index < -0.39 is 19.1 Å². The molecular formula is H4K2O3Ti. The first-order valence-electron chi connectivity index (χ1n) is 0.408. The van der Waals surface area contributed by atoms with Crippen molar-refractivity contribution in [1.82, 2.24) is 0 Å². The van der Waals surface area contributed by atoms with Gasteiger partial charge in [-0.3, -0.25) is 0 Å². The van der Waals surface area contributed by atoms with Crippen molar-refractivity contribution >= 4 is 0 Å². The fraction of sp³-hybridized carbons (Fsp3) is 0. The number of hydrogen-bond donors (Lipinski definition) is 0. The average molecular weight is 178 g/mol. The van der Waals surface area contributed by atoms with Crippen LogP contribution in [0.5, 0.6) is 0 Å². The summed E-state index contributed by atoms with van der Waals surface area (Å²) in [5, 5.41) is 0. The Morgan fingerprint density at radius 3 is 1.17 bits per heavy atom. The van der Waals surface area contributed by atoms with Gasteiger partial charge in [-0.1, -0.05) is 0 Å². The van der Waals surface area contributed by atoms with Crippen molar-refractivity contribution in [2.45, 2.75) is 0 Å². The second kappa shape index (κ2) is 23.5. The number of hydrogen-bond acceptors (Lipinski definition) is 2. The second-order valence-corrected chi connectivity index (χ2v) is 0.344. The van der Waals surface area contributed by atoms with E-state index in [-0.39, 0.29) is 111 Å². The summed E-state index contributed by atoms with van der Waals surface area (Å²) >= 11 is -2.00. The van der Waals surface area contributed by atoms with Crippen molar-refractivity contribution < 1.29 is 137 Å². The van der Waals surface area contributed by atoms with Gasteiger partial charge in [0.1, 0.15) is 0 Å². The van der Waals surface area contributed by atoms with Crippen molar-refractivity contribution in [3.05, 3.63) is 0 Å². The van der Waals surface area contributed by atoms with Crippen LogP contribution in [0.25, 0.3) is 0 Å². The van der Waals surface area contributed by atoms with E-state index in [1.807, 2.05) is 0 Å². The topological polar surface area (TPSA) is 65.6 Å². The van der Waals surface area contributed by atoms with Gasteiger partial charge in [-0.05, 0) is 0 Å². The Hall–Kier alpha value is 3.55. The van der Waals surface area contributed by atoms with Crippen LogP contribution in [0, 0.1) is 0 Å². The minimum atomic E-state index is -2.00. The molecule has 0 aliphatic rings. The third-order valence-corrected chi connectivity index (χ3v) is 0. The first kappa shape index (κ1) is 22.7. The summed E-state index contributed by atoms with van der Waals surface area (Å²) in [5.41, 5.74) is 0. The fourth-order valence-corrected chi connectivity index (χ4v) is 0. The molecule has 6 heavy (non-hydrogen) atoms. The monoisotopic (exact) mass is 178 g/mol. The molecule has 0 aliphatic heterocycles. The standard InChI is InChI=1S/2K.H2O.2O.Ti.2H/h;;1H2;;;;;/q2*+1;;;;;2*-1. The molecular weight excluding hydrogens is 174 g/mol. The molecule has 0 saturated carbocycles. The molecule has 0 unspecified atom stereocenters. The van der Waals surface area contributed by atoms with E-state index in [1.54, 1.807) is 0 Å². The molecule has 0 heterocycles. The van der Waals surface area contributed by atoms with Crippen LogP contribution in [-0.2, 0) is 25.7 Å². The summed E-state index contributed by atoms with van der Waals surface area (Å²) in [6.07, 6.45) is 0. The van der Waals surface area contributed by atoms with Gasteiger partial charge in [-0.2, -0.15) is 0 Å². The van der Waals surface area contributed by atoms with Crippen LogP contribution in [0.1, 0.15) is 2.85 Å². The molecule has 28 valence electrons. The van der Waals surface area contributed by atoms with E-state index in [0.29, 0.717) is 0 Å². The SMILES string of the molecule is O.[H-].[H-].[K+].[K+].[O]=[Ti]=[O]. The van der Waals surface area contributed by atoms with Gasteiger partial charge in [0.05, 0.1) is 0 Å². The normalized spacial score (nSPS) is 1.33. The van der Waals surface area contributed by atoms with E-state index in [4.69, 9.17) is 6.65 Å². The Labute approximate surface area is 133 Å². The molecule has 0 aromatic carbocycles. The predicted molar refractivity (Wildman–Crippen MR) is 7.21 cm³/mol. The summed E-state index contributed by atoms with van der Waals surface area (Å²) in [7, 11) is 0. The summed E-state index contributed by atoms with van der Waals surface area (Å²) in [6.45, 7) is 0. The maximum absolute atomic E-state index is 8.50. The molecule has 0 saturated heterocycles. The zero-order valence-corrected chi connectivity index (χ0v) is 11.6. The summed E-state index contributed by atoms with van der Waals surface area (Å²) < 4.78 is 17.0. The molecule has 2 N–H and O–H groups in total. The molecule has 0 rings (SSSR count). The molecule has 0 atom stereocenters. The molecule has 6 heteroatoms. The minimum absolute atomic E-state index is 0. The van der Waals surface area contributed by atoms with E-state index in [2.05, 4.69) is 0 Å². The Balaban J connectivity index is -0.00000000200. The Morgan fingerprint density at radius 2 is 1.17 bits per heavy atom. The predicted octanol–water partition coefficient (Wildman–Crippen LogP) is -6.83. The Bertz CT molecular complexity index is 36.3. The Morgan fingerprint density at radius 1 is 1.17 bits per heavy atom. The van der Waals surface area contributed by atoms with E-state index >= 15 is 0 Å². The van der Waals surface area contributed by atoms with E-state index in [0.717, 1.165) is 0 Å². The zero-order chi connectivity index (χ0) is 2.71. The first-order chi connectivity index (χ1) is 1.41. The van der Waals surface area contributed by atoms with Crippen LogP contribution >= 0.6 is 0 Å². The van der Waals surface area contributed by atoms with Crippen molar-refractivity contribution in [2.75, 3.05) is 0 Å². The summed E-state index contributed by atoms with van der Waals surface area (Å²) in [4.78, 5) is 0. The van der Waals surface area contributed by atoms with Gasteiger partial charge in [0.25, 0.3) is 0 Å². The molecule has 0 fully saturated rings. The molecule has 3 nitrogen and oxygen atoms in total. The third kappa shape index (κ3) is 25.7. The first-order valence-corrected chi connectivity index (χ1v) is 1.68. The molecule has 0 aromatic heterocycles. The molecule has 0 aliphatic carbocycles. The molecule has 0 amide bonds. The molecule has 0 bridgehead atoms. The fourth-order valence-electron chi connectivity index (χ4n) is 0. The van der Waals surface area contributed by atoms with Gasteiger partial charge in [0.15, 0.2) is 0 Å². The van der Waals surface area contributed by atoms with Crippen molar-refractivity contribution in [2.24, 2.45) is 0 Å². The van der Waals surface area contributed by atoms with Gasteiger partial charge in [0.2, 0.25) is 0 Å². The average Bonchev–Trinajstić information content (AvgIpc) is 0.918. The molecule has 0 radical (unpaired) electrons. The number of rotatable bonds is 0. The van der Waals surface area contributed by atoms with Gasteiger partial charge < -0.3 is 8.33 Å². The van der Waals surface area contributed by atoms with E-state index in [1.165, 1.54) is 0 Å². The second-order valence-electron chi connectivity index (χ2n) is 0.0833. The van der Waals surface area contributed by atoms with Crippen molar-refractivity contribution in [3.8, 4) is 0 Å². The van der Waals surface area contributed by atoms with Crippen molar-refractivity contribution in [3.63, 3.8) is 0 Å².